The van der Waals surface area contributed by atoms with Crippen LogP contribution < -0.4 is 10.9 Å². The van der Waals surface area contributed by atoms with E-state index in [0.29, 0.717) is 11.0 Å². The Hall–Kier alpha value is -2.15. The van der Waals surface area contributed by atoms with Gasteiger partial charge >= 0.3 is 0 Å². The lowest BCUT2D eigenvalue weighted by Crippen LogP contribution is -2.44. The lowest BCUT2D eigenvalue weighted by atomic mass is 9.92. The van der Waals surface area contributed by atoms with E-state index in [1.165, 1.54) is 0 Å². The Bertz CT molecular complexity index is 830. The molecule has 2 heterocycles. The smallest absolute Gasteiger partial charge is 0.273 e. The fraction of sp³-hybridized carbons (Fsp3) is 0.588. The number of H-pyrrole nitrogens is 1. The summed E-state index contributed by atoms with van der Waals surface area (Å²) in [5.74, 6) is -0.169. The van der Waals surface area contributed by atoms with Crippen LogP contribution in [0.5, 0.6) is 0 Å². The van der Waals surface area contributed by atoms with E-state index in [9.17, 15) is 14.7 Å². The number of hydrogen-bond acceptors (Lipinski definition) is 4. The van der Waals surface area contributed by atoms with Gasteiger partial charge in [-0.15, -0.1) is 0 Å². The minimum atomic E-state index is -0.960. The molecular formula is C17H26N4O3. The molecule has 2 aromatic rings. The van der Waals surface area contributed by atoms with Gasteiger partial charge in [0.05, 0.1) is 17.4 Å². The largest absolute Gasteiger partial charge is 0.388 e. The lowest BCUT2D eigenvalue weighted by Gasteiger charge is -2.27. The van der Waals surface area contributed by atoms with Crippen LogP contribution in [0, 0.1) is 19.8 Å². The van der Waals surface area contributed by atoms with Crippen LogP contribution in [-0.4, -0.2) is 37.9 Å². The molecule has 0 aliphatic heterocycles. The minimum absolute atomic E-state index is 0.0298. The first-order valence-electron chi connectivity index (χ1n) is 8.08. The average molecular weight is 334 g/mol. The van der Waals surface area contributed by atoms with Gasteiger partial charge in [0.1, 0.15) is 0 Å². The van der Waals surface area contributed by atoms with Crippen LogP contribution in [0.3, 0.4) is 0 Å². The third-order valence-electron chi connectivity index (χ3n) is 4.80. The fourth-order valence-electron chi connectivity index (χ4n) is 2.61. The van der Waals surface area contributed by atoms with Crippen molar-refractivity contribution in [3.8, 4) is 0 Å². The van der Waals surface area contributed by atoms with E-state index in [0.717, 1.165) is 16.8 Å². The van der Waals surface area contributed by atoms with Gasteiger partial charge in [-0.1, -0.05) is 13.8 Å². The molecule has 0 aliphatic carbocycles. The molecule has 7 nitrogen and oxygen atoms in total. The second-order valence-electron chi connectivity index (χ2n) is 6.96. The van der Waals surface area contributed by atoms with E-state index in [2.05, 4.69) is 15.4 Å². The number of hydrogen-bond donors (Lipinski definition) is 3. The Kier molecular flexibility index (Phi) is 4.85. The van der Waals surface area contributed by atoms with Crippen molar-refractivity contribution in [3.63, 3.8) is 0 Å². The van der Waals surface area contributed by atoms with Gasteiger partial charge in [-0.25, -0.2) is 4.98 Å². The molecule has 0 aromatic carbocycles. The summed E-state index contributed by atoms with van der Waals surface area (Å²) >= 11 is 0. The summed E-state index contributed by atoms with van der Waals surface area (Å²) in [4.78, 5) is 28.8. The van der Waals surface area contributed by atoms with Gasteiger partial charge in [-0.2, -0.15) is 0 Å². The van der Waals surface area contributed by atoms with Gasteiger partial charge in [0.25, 0.3) is 5.56 Å². The monoisotopic (exact) mass is 334 g/mol. The molecule has 0 spiro atoms. The highest BCUT2D eigenvalue weighted by atomic mass is 16.3. The summed E-state index contributed by atoms with van der Waals surface area (Å²) in [6.45, 7) is 9.35. The average Bonchev–Trinajstić information content (AvgIpc) is 2.75. The molecule has 0 fully saturated rings. The highest BCUT2D eigenvalue weighted by Crippen LogP contribution is 2.20. The standard InChI is InChI=1S/C17H26N4O3/c1-9(2)17(5,24)8-18-13(22)7-12-10(3)14-15(19-11(12)4)21(6)20-16(14)23/h9,24H,7-8H2,1-6H3,(H,18,22)(H,20,23). The third kappa shape index (κ3) is 3.36. The zero-order valence-electron chi connectivity index (χ0n) is 15.1. The molecule has 3 N–H and O–H groups in total. The maximum Gasteiger partial charge on any atom is 0.273 e. The van der Waals surface area contributed by atoms with Crippen molar-refractivity contribution in [2.75, 3.05) is 6.54 Å². The molecule has 1 amide bonds. The molecule has 132 valence electrons. The highest BCUT2D eigenvalue weighted by molar-refractivity contribution is 5.84. The predicted molar refractivity (Wildman–Crippen MR) is 93.0 cm³/mol. The summed E-state index contributed by atoms with van der Waals surface area (Å²) in [5.41, 5.74) is 1.66. The van der Waals surface area contributed by atoms with Crippen LogP contribution in [0.2, 0.25) is 0 Å². The van der Waals surface area contributed by atoms with E-state index < -0.39 is 5.60 Å². The number of aryl methyl sites for hydroxylation is 3. The molecule has 24 heavy (non-hydrogen) atoms. The Morgan fingerprint density at radius 1 is 1.42 bits per heavy atom. The van der Waals surface area contributed by atoms with Gasteiger partial charge in [0, 0.05) is 19.3 Å². The molecule has 0 saturated carbocycles. The van der Waals surface area contributed by atoms with Crippen LogP contribution in [0.1, 0.15) is 37.6 Å². The Morgan fingerprint density at radius 3 is 2.62 bits per heavy atom. The summed E-state index contributed by atoms with van der Waals surface area (Å²) in [6.07, 6.45) is 0.128. The first kappa shape index (κ1) is 18.2. The quantitative estimate of drug-likeness (QED) is 0.758. The van der Waals surface area contributed by atoms with Crippen molar-refractivity contribution in [3.05, 3.63) is 27.2 Å². The van der Waals surface area contributed by atoms with E-state index in [1.807, 2.05) is 27.7 Å². The molecule has 2 aromatic heterocycles. The Labute approximate surface area is 141 Å². The van der Waals surface area contributed by atoms with Crippen LogP contribution in [0.25, 0.3) is 11.0 Å². The molecular weight excluding hydrogens is 308 g/mol. The second kappa shape index (κ2) is 6.39. The number of carbonyl (C=O) groups excluding carboxylic acids is 1. The number of pyridine rings is 1. The number of nitrogens with one attached hydrogen (secondary N) is 2. The van der Waals surface area contributed by atoms with E-state index >= 15 is 0 Å². The number of carbonyl (C=O) groups is 1. The number of nitrogens with zero attached hydrogens (tertiary/aromatic N) is 2. The molecule has 0 bridgehead atoms. The molecule has 1 atom stereocenters. The zero-order valence-corrected chi connectivity index (χ0v) is 15.1. The topological polar surface area (TPSA) is 100 Å². The molecule has 1 unspecified atom stereocenters. The van der Waals surface area contributed by atoms with Gasteiger partial charge in [-0.05, 0) is 37.8 Å². The zero-order chi connectivity index (χ0) is 18.2. The summed E-state index contributed by atoms with van der Waals surface area (Å²) in [7, 11) is 1.73. The third-order valence-corrected chi connectivity index (χ3v) is 4.80. The number of fused-ring (bicyclic) bond motifs is 1. The van der Waals surface area contributed by atoms with Crippen molar-refractivity contribution in [2.24, 2.45) is 13.0 Å². The van der Waals surface area contributed by atoms with E-state index in [-0.39, 0.29) is 30.3 Å². The number of rotatable bonds is 5. The minimum Gasteiger partial charge on any atom is -0.388 e. The summed E-state index contributed by atoms with van der Waals surface area (Å²) in [6, 6.07) is 0. The predicted octanol–water partition coefficient (Wildman–Crippen LogP) is 0.944. The van der Waals surface area contributed by atoms with E-state index in [1.54, 1.807) is 18.7 Å². The molecule has 0 radical (unpaired) electrons. The first-order chi connectivity index (χ1) is 11.0. The van der Waals surface area contributed by atoms with Crippen LogP contribution in [0.4, 0.5) is 0 Å². The van der Waals surface area contributed by atoms with Crippen molar-refractivity contribution in [2.45, 2.75) is 46.6 Å². The highest BCUT2D eigenvalue weighted by Gasteiger charge is 2.25. The van der Waals surface area contributed by atoms with Gasteiger partial charge in [0.15, 0.2) is 5.65 Å². The van der Waals surface area contributed by atoms with Crippen molar-refractivity contribution >= 4 is 16.9 Å². The van der Waals surface area contributed by atoms with Gasteiger partial charge in [-0.3, -0.25) is 19.4 Å². The maximum atomic E-state index is 12.3. The van der Waals surface area contributed by atoms with Gasteiger partial charge in [0.2, 0.25) is 5.91 Å². The van der Waals surface area contributed by atoms with E-state index in [4.69, 9.17) is 0 Å². The van der Waals surface area contributed by atoms with Crippen LogP contribution in [0.15, 0.2) is 4.79 Å². The SMILES string of the molecule is Cc1nc2c(c(C)c1CC(=O)NCC(C)(O)C(C)C)c(=O)[nH]n2C. The van der Waals surface area contributed by atoms with Crippen LogP contribution in [-0.2, 0) is 18.3 Å². The summed E-state index contributed by atoms with van der Waals surface area (Å²) < 4.78 is 1.58. The number of aromatic nitrogens is 3. The number of aliphatic hydroxyl groups is 1. The summed E-state index contributed by atoms with van der Waals surface area (Å²) in [5, 5.41) is 16.2. The molecule has 2 rings (SSSR count). The van der Waals surface area contributed by atoms with Crippen molar-refractivity contribution in [1.29, 1.82) is 0 Å². The normalized spacial score (nSPS) is 14.2. The second-order valence-corrected chi connectivity index (χ2v) is 6.96. The van der Waals surface area contributed by atoms with Crippen LogP contribution >= 0.6 is 0 Å². The maximum absolute atomic E-state index is 12.3. The van der Waals surface area contributed by atoms with Gasteiger partial charge < -0.3 is 10.4 Å². The fourth-order valence-corrected chi connectivity index (χ4v) is 2.61. The van der Waals surface area contributed by atoms with Crippen molar-refractivity contribution < 1.29 is 9.90 Å². The first-order valence-corrected chi connectivity index (χ1v) is 8.08. The number of aromatic amines is 1. The Balaban J connectivity index is 2.26. The molecule has 0 aliphatic rings. The molecule has 7 heteroatoms. The molecule has 0 saturated heterocycles. The Morgan fingerprint density at radius 2 is 2.04 bits per heavy atom. The number of amides is 1. The van der Waals surface area contributed by atoms with Crippen molar-refractivity contribution in [1.82, 2.24) is 20.1 Å². The lowest BCUT2D eigenvalue weighted by molar-refractivity contribution is -0.122.